The Hall–Kier alpha value is -2.89. The highest BCUT2D eigenvalue weighted by Crippen LogP contribution is 2.29. The molecule has 1 saturated heterocycles. The highest BCUT2D eigenvalue weighted by Gasteiger charge is 2.18. The SMILES string of the molecule is COc1cc(C(=O)NNc2nc3ccc(Br)cc3s2)ccc1OCC(=O)N1CCOCC1. The van der Waals surface area contributed by atoms with Gasteiger partial charge in [-0.1, -0.05) is 27.3 Å². The van der Waals surface area contributed by atoms with Gasteiger partial charge in [0.2, 0.25) is 5.13 Å². The number of carbonyl (C=O) groups excluding carboxylic acids is 2. The summed E-state index contributed by atoms with van der Waals surface area (Å²) in [6.45, 7) is 2.05. The van der Waals surface area contributed by atoms with E-state index in [9.17, 15) is 9.59 Å². The first-order valence-corrected chi connectivity index (χ1v) is 11.4. The van der Waals surface area contributed by atoms with Crippen LogP contribution in [0, 0.1) is 0 Å². The molecule has 0 spiro atoms. The van der Waals surface area contributed by atoms with E-state index >= 15 is 0 Å². The standard InChI is InChI=1S/C21H21BrN4O5S/c1-29-17-10-13(2-5-16(17)31-12-19(27)26-6-8-30-9-7-26)20(28)24-25-21-23-15-4-3-14(22)11-18(15)32-21/h2-5,10-11H,6-9,12H2,1H3,(H,23,25)(H,24,28). The molecule has 1 aromatic heterocycles. The van der Waals surface area contributed by atoms with Crippen LogP contribution in [0.15, 0.2) is 40.9 Å². The average molecular weight is 521 g/mol. The van der Waals surface area contributed by atoms with Crippen molar-refractivity contribution in [1.29, 1.82) is 0 Å². The third-order valence-electron chi connectivity index (χ3n) is 4.77. The summed E-state index contributed by atoms with van der Waals surface area (Å²) >= 11 is 4.86. The van der Waals surface area contributed by atoms with Crippen LogP contribution >= 0.6 is 27.3 Å². The van der Waals surface area contributed by atoms with Crippen LogP contribution in [0.25, 0.3) is 10.2 Å². The van der Waals surface area contributed by atoms with Crippen LogP contribution in [0.4, 0.5) is 5.13 Å². The maximum absolute atomic E-state index is 12.6. The third-order valence-corrected chi connectivity index (χ3v) is 6.20. The Bertz CT molecular complexity index is 1130. The van der Waals surface area contributed by atoms with Gasteiger partial charge in [-0.05, 0) is 36.4 Å². The van der Waals surface area contributed by atoms with Crippen molar-refractivity contribution in [2.75, 3.05) is 45.4 Å². The van der Waals surface area contributed by atoms with Crippen molar-refractivity contribution in [2.45, 2.75) is 0 Å². The van der Waals surface area contributed by atoms with E-state index in [4.69, 9.17) is 14.2 Å². The Morgan fingerprint density at radius 2 is 2.00 bits per heavy atom. The summed E-state index contributed by atoms with van der Waals surface area (Å²) in [6.07, 6.45) is 0. The number of morpholine rings is 1. The lowest BCUT2D eigenvalue weighted by molar-refractivity contribution is -0.137. The van der Waals surface area contributed by atoms with Crippen LogP contribution in [0.3, 0.4) is 0 Å². The zero-order valence-corrected chi connectivity index (χ0v) is 19.6. The number of nitrogens with one attached hydrogen (secondary N) is 2. The Balaban J connectivity index is 1.36. The highest BCUT2D eigenvalue weighted by atomic mass is 79.9. The van der Waals surface area contributed by atoms with Gasteiger partial charge in [-0.25, -0.2) is 4.98 Å². The van der Waals surface area contributed by atoms with E-state index in [2.05, 4.69) is 31.8 Å². The fraction of sp³-hybridized carbons (Fsp3) is 0.286. The molecule has 168 valence electrons. The number of amides is 2. The Kier molecular flexibility index (Phi) is 7.08. The van der Waals surface area contributed by atoms with Crippen molar-refractivity contribution in [3.05, 3.63) is 46.4 Å². The molecule has 32 heavy (non-hydrogen) atoms. The maximum Gasteiger partial charge on any atom is 0.269 e. The number of ether oxygens (including phenoxy) is 3. The van der Waals surface area contributed by atoms with Crippen LogP contribution in [0.5, 0.6) is 11.5 Å². The smallest absolute Gasteiger partial charge is 0.269 e. The van der Waals surface area contributed by atoms with Gasteiger partial charge in [0.05, 0.1) is 30.5 Å². The second-order valence-electron chi connectivity index (χ2n) is 6.86. The minimum Gasteiger partial charge on any atom is -0.493 e. The topological polar surface area (TPSA) is 102 Å². The molecule has 11 heteroatoms. The van der Waals surface area contributed by atoms with Crippen molar-refractivity contribution in [3.8, 4) is 11.5 Å². The highest BCUT2D eigenvalue weighted by molar-refractivity contribution is 9.10. The number of hydrogen-bond donors (Lipinski definition) is 2. The summed E-state index contributed by atoms with van der Waals surface area (Å²) in [7, 11) is 1.48. The Morgan fingerprint density at radius 3 is 2.78 bits per heavy atom. The number of rotatable bonds is 7. The number of methoxy groups -OCH3 is 1. The first-order valence-electron chi connectivity index (χ1n) is 9.82. The van der Waals surface area contributed by atoms with Crippen LogP contribution in [0.1, 0.15) is 10.4 Å². The molecule has 9 nitrogen and oxygen atoms in total. The molecule has 4 rings (SSSR count). The van der Waals surface area contributed by atoms with Crippen molar-refractivity contribution in [1.82, 2.24) is 15.3 Å². The quantitative estimate of drug-likeness (QED) is 0.461. The van der Waals surface area contributed by atoms with E-state index in [1.54, 1.807) is 23.1 Å². The molecule has 0 bridgehead atoms. The first kappa shape index (κ1) is 22.3. The molecule has 0 aliphatic carbocycles. The molecule has 1 aliphatic rings. The van der Waals surface area contributed by atoms with Crippen molar-refractivity contribution >= 4 is 54.4 Å². The lowest BCUT2D eigenvalue weighted by atomic mass is 10.2. The van der Waals surface area contributed by atoms with Gasteiger partial charge in [-0.2, -0.15) is 0 Å². The second kappa shape index (κ2) is 10.2. The molecule has 0 radical (unpaired) electrons. The zero-order valence-electron chi connectivity index (χ0n) is 17.2. The lowest BCUT2D eigenvalue weighted by Crippen LogP contribution is -2.43. The van der Waals surface area contributed by atoms with Crippen LogP contribution in [-0.2, 0) is 9.53 Å². The molecule has 0 saturated carbocycles. The van der Waals surface area contributed by atoms with Crippen LogP contribution in [0.2, 0.25) is 0 Å². The molecule has 2 N–H and O–H groups in total. The first-order chi connectivity index (χ1) is 15.5. The minimum absolute atomic E-state index is 0.114. The van der Waals surface area contributed by atoms with Crippen LogP contribution < -0.4 is 20.3 Å². The molecule has 2 heterocycles. The predicted molar refractivity (Wildman–Crippen MR) is 124 cm³/mol. The molecule has 2 amide bonds. The molecular formula is C21H21BrN4O5S. The van der Waals surface area contributed by atoms with Crippen molar-refractivity contribution < 1.29 is 23.8 Å². The fourth-order valence-corrected chi connectivity index (χ4v) is 4.48. The third kappa shape index (κ3) is 5.29. The lowest BCUT2D eigenvalue weighted by Gasteiger charge is -2.26. The monoisotopic (exact) mass is 520 g/mol. The van der Waals surface area contributed by atoms with E-state index < -0.39 is 0 Å². The number of hydrogen-bond acceptors (Lipinski definition) is 8. The summed E-state index contributed by atoms with van der Waals surface area (Å²) < 4.78 is 18.2. The summed E-state index contributed by atoms with van der Waals surface area (Å²) in [4.78, 5) is 31.0. The number of nitrogens with zero attached hydrogens (tertiary/aromatic N) is 2. The van der Waals surface area contributed by atoms with Crippen LogP contribution in [-0.4, -0.2) is 61.7 Å². The van der Waals surface area contributed by atoms with E-state index in [1.807, 2.05) is 18.2 Å². The van der Waals surface area contributed by atoms with E-state index in [0.29, 0.717) is 48.5 Å². The van der Waals surface area contributed by atoms with E-state index in [-0.39, 0.29) is 18.4 Å². The number of thiazole rings is 1. The maximum atomic E-state index is 12.6. The fourth-order valence-electron chi connectivity index (χ4n) is 3.11. The Morgan fingerprint density at radius 1 is 1.19 bits per heavy atom. The molecular weight excluding hydrogens is 500 g/mol. The van der Waals surface area contributed by atoms with E-state index in [1.165, 1.54) is 18.4 Å². The van der Waals surface area contributed by atoms with Crippen molar-refractivity contribution in [3.63, 3.8) is 0 Å². The number of carbonyl (C=O) groups is 2. The van der Waals surface area contributed by atoms with Gasteiger partial charge in [0.15, 0.2) is 18.1 Å². The number of halogens is 1. The van der Waals surface area contributed by atoms with Gasteiger partial charge in [-0.3, -0.25) is 20.4 Å². The minimum atomic E-state index is -0.361. The zero-order chi connectivity index (χ0) is 22.5. The molecule has 0 unspecified atom stereocenters. The average Bonchev–Trinajstić information content (AvgIpc) is 3.23. The molecule has 0 atom stereocenters. The number of anilines is 1. The molecule has 1 fully saturated rings. The summed E-state index contributed by atoms with van der Waals surface area (Å²) in [6, 6.07) is 10.5. The van der Waals surface area contributed by atoms with Gasteiger partial charge in [-0.15, -0.1) is 0 Å². The van der Waals surface area contributed by atoms with E-state index in [0.717, 1.165) is 14.7 Å². The van der Waals surface area contributed by atoms with Gasteiger partial charge < -0.3 is 19.1 Å². The summed E-state index contributed by atoms with van der Waals surface area (Å²) in [5.74, 6) is 0.261. The molecule has 2 aromatic carbocycles. The van der Waals surface area contributed by atoms with Gasteiger partial charge in [0, 0.05) is 23.1 Å². The molecule has 3 aromatic rings. The number of hydrazine groups is 1. The Labute approximate surface area is 196 Å². The largest absolute Gasteiger partial charge is 0.493 e. The van der Waals surface area contributed by atoms with Gasteiger partial charge in [0.1, 0.15) is 0 Å². The number of fused-ring (bicyclic) bond motifs is 1. The molecule has 1 aliphatic heterocycles. The second-order valence-corrected chi connectivity index (χ2v) is 8.80. The number of aromatic nitrogens is 1. The summed E-state index contributed by atoms with van der Waals surface area (Å²) in [5, 5.41) is 0.569. The predicted octanol–water partition coefficient (Wildman–Crippen LogP) is 3.06. The van der Waals surface area contributed by atoms with Gasteiger partial charge >= 0.3 is 0 Å². The van der Waals surface area contributed by atoms with Crippen molar-refractivity contribution in [2.24, 2.45) is 0 Å². The number of benzene rings is 2. The summed E-state index contributed by atoms with van der Waals surface area (Å²) in [5.41, 5.74) is 6.68. The van der Waals surface area contributed by atoms with Gasteiger partial charge in [0.25, 0.3) is 11.8 Å². The normalized spacial score (nSPS) is 13.6.